The molecule has 1 aromatic rings. The van der Waals surface area contributed by atoms with E-state index in [0.717, 1.165) is 0 Å². The van der Waals surface area contributed by atoms with Crippen LogP contribution in [-0.2, 0) is 19.5 Å². The Morgan fingerprint density at radius 1 is 1.07 bits per heavy atom. The number of sulfonamides is 1. The summed E-state index contributed by atoms with van der Waals surface area (Å²) in [5.41, 5.74) is -0.516. The van der Waals surface area contributed by atoms with Crippen molar-refractivity contribution in [2.45, 2.75) is 31.3 Å². The summed E-state index contributed by atoms with van der Waals surface area (Å²) in [6.45, 7) is 9.36. The minimum Gasteiger partial charge on any atom is -0.444 e. The van der Waals surface area contributed by atoms with Crippen LogP contribution in [0.4, 0.5) is 10.6 Å². The minimum absolute atomic E-state index is 0.186. The van der Waals surface area contributed by atoms with Gasteiger partial charge in [-0.1, -0.05) is 0 Å². The molecule has 1 aromatic heterocycles. The summed E-state index contributed by atoms with van der Waals surface area (Å²) >= 11 is 0. The number of hydrogen-bond acceptors (Lipinski definition) is 7. The molecule has 0 aromatic carbocycles. The molecular formula is C18H28N4O5S. The number of nitrogens with zero attached hydrogens (tertiary/aromatic N) is 4. The summed E-state index contributed by atoms with van der Waals surface area (Å²) in [7, 11) is -3.54. The monoisotopic (exact) mass is 412 g/mol. The summed E-state index contributed by atoms with van der Waals surface area (Å²) in [6.07, 6.45) is 1.09. The molecule has 2 aliphatic rings. The summed E-state index contributed by atoms with van der Waals surface area (Å²) < 4.78 is 37.4. The van der Waals surface area contributed by atoms with E-state index in [9.17, 15) is 13.2 Å². The molecule has 3 heterocycles. The second-order valence-electron chi connectivity index (χ2n) is 7.82. The quantitative estimate of drug-likeness (QED) is 0.735. The van der Waals surface area contributed by atoms with E-state index in [1.165, 1.54) is 10.5 Å². The van der Waals surface area contributed by atoms with Crippen molar-refractivity contribution in [2.75, 3.05) is 57.4 Å². The second kappa shape index (κ2) is 8.22. The molecule has 0 unspecified atom stereocenters. The molecule has 0 atom stereocenters. The third-order valence-electron chi connectivity index (χ3n) is 4.58. The molecular weight excluding hydrogens is 384 g/mol. The molecule has 3 rings (SSSR count). The Balaban J connectivity index is 1.60. The number of hydrogen-bond donors (Lipinski definition) is 0. The number of amides is 1. The largest absolute Gasteiger partial charge is 0.444 e. The van der Waals surface area contributed by atoms with Crippen LogP contribution in [0.1, 0.15) is 20.8 Å². The van der Waals surface area contributed by atoms with Gasteiger partial charge in [0.1, 0.15) is 16.3 Å². The molecule has 1 amide bonds. The first-order valence-corrected chi connectivity index (χ1v) is 10.9. The van der Waals surface area contributed by atoms with E-state index < -0.39 is 15.6 Å². The zero-order valence-corrected chi connectivity index (χ0v) is 17.4. The lowest BCUT2D eigenvalue weighted by molar-refractivity contribution is 0.0240. The Labute approximate surface area is 166 Å². The van der Waals surface area contributed by atoms with E-state index >= 15 is 0 Å². The molecule has 0 aliphatic carbocycles. The van der Waals surface area contributed by atoms with Crippen molar-refractivity contribution < 1.29 is 22.7 Å². The van der Waals surface area contributed by atoms with Gasteiger partial charge < -0.3 is 19.3 Å². The zero-order valence-electron chi connectivity index (χ0n) is 16.6. The molecule has 2 aliphatic heterocycles. The second-order valence-corrected chi connectivity index (χ2v) is 9.76. The molecule has 0 radical (unpaired) electrons. The first-order valence-electron chi connectivity index (χ1n) is 9.44. The Hall–Kier alpha value is -1.91. The van der Waals surface area contributed by atoms with Crippen LogP contribution in [0.25, 0.3) is 0 Å². The Morgan fingerprint density at radius 2 is 1.71 bits per heavy atom. The van der Waals surface area contributed by atoms with Gasteiger partial charge in [-0.25, -0.2) is 18.2 Å². The number of rotatable bonds is 3. The highest BCUT2D eigenvalue weighted by atomic mass is 32.2. The fourth-order valence-corrected chi connectivity index (χ4v) is 4.45. The van der Waals surface area contributed by atoms with Gasteiger partial charge >= 0.3 is 6.09 Å². The highest BCUT2D eigenvalue weighted by Gasteiger charge is 2.28. The Morgan fingerprint density at radius 3 is 2.25 bits per heavy atom. The summed E-state index contributed by atoms with van der Waals surface area (Å²) in [5, 5.41) is 0. The van der Waals surface area contributed by atoms with E-state index in [2.05, 4.69) is 4.98 Å². The van der Waals surface area contributed by atoms with Gasteiger partial charge in [0.25, 0.3) is 0 Å². The van der Waals surface area contributed by atoms with E-state index in [1.54, 1.807) is 17.0 Å². The van der Waals surface area contributed by atoms with Crippen molar-refractivity contribution in [1.29, 1.82) is 0 Å². The maximum absolute atomic E-state index is 12.7. The molecule has 9 nitrogen and oxygen atoms in total. The molecule has 28 heavy (non-hydrogen) atoms. The number of aromatic nitrogens is 1. The first kappa shape index (κ1) is 20.8. The van der Waals surface area contributed by atoms with Gasteiger partial charge in [0.05, 0.1) is 13.2 Å². The van der Waals surface area contributed by atoms with Gasteiger partial charge in [0.15, 0.2) is 0 Å². The topological polar surface area (TPSA) is 92.3 Å². The van der Waals surface area contributed by atoms with Gasteiger partial charge in [0, 0.05) is 45.5 Å². The van der Waals surface area contributed by atoms with Gasteiger partial charge in [0.2, 0.25) is 10.0 Å². The van der Waals surface area contributed by atoms with Crippen LogP contribution in [0.3, 0.4) is 0 Å². The molecule has 2 fully saturated rings. The lowest BCUT2D eigenvalue weighted by atomic mass is 10.2. The summed E-state index contributed by atoms with van der Waals surface area (Å²) in [6, 6.07) is 3.31. The van der Waals surface area contributed by atoms with Gasteiger partial charge in [-0.05, 0) is 32.9 Å². The average Bonchev–Trinajstić information content (AvgIpc) is 2.67. The number of carbonyl (C=O) groups excluding carboxylic acids is 1. The van der Waals surface area contributed by atoms with Crippen LogP contribution in [-0.4, -0.2) is 86.8 Å². The molecule has 2 saturated heterocycles. The molecule has 10 heteroatoms. The molecule has 0 N–H and O–H groups in total. The van der Waals surface area contributed by atoms with E-state index in [4.69, 9.17) is 9.47 Å². The van der Waals surface area contributed by atoms with Gasteiger partial charge in [-0.3, -0.25) is 0 Å². The molecule has 0 bridgehead atoms. The third kappa shape index (κ3) is 4.92. The standard InChI is InChI=1S/C18H28N4O5S/c1-18(2,3)27-17(23)21-8-6-20(7-9-21)16-5-4-15(14-19-16)28(24,25)22-10-12-26-13-11-22/h4-5,14H,6-13H2,1-3H3. The molecule has 0 spiro atoms. The fourth-order valence-electron chi connectivity index (χ4n) is 3.09. The van der Waals surface area contributed by atoms with Gasteiger partial charge in [-0.15, -0.1) is 0 Å². The van der Waals surface area contributed by atoms with Crippen molar-refractivity contribution in [1.82, 2.24) is 14.2 Å². The van der Waals surface area contributed by atoms with Crippen LogP contribution in [0.15, 0.2) is 23.2 Å². The van der Waals surface area contributed by atoms with E-state index in [-0.39, 0.29) is 11.0 Å². The first-order chi connectivity index (χ1) is 13.2. The fraction of sp³-hybridized carbons (Fsp3) is 0.667. The van der Waals surface area contributed by atoms with Crippen LogP contribution in [0, 0.1) is 0 Å². The molecule has 0 saturated carbocycles. The smallest absolute Gasteiger partial charge is 0.410 e. The Kier molecular flexibility index (Phi) is 6.11. The zero-order chi connectivity index (χ0) is 20.4. The van der Waals surface area contributed by atoms with Crippen molar-refractivity contribution in [3.8, 4) is 0 Å². The van der Waals surface area contributed by atoms with Gasteiger partial charge in [-0.2, -0.15) is 4.31 Å². The number of piperazine rings is 1. The van der Waals surface area contributed by atoms with Crippen LogP contribution in [0.2, 0.25) is 0 Å². The van der Waals surface area contributed by atoms with Crippen molar-refractivity contribution in [3.63, 3.8) is 0 Å². The number of pyridine rings is 1. The lowest BCUT2D eigenvalue weighted by Gasteiger charge is -2.36. The highest BCUT2D eigenvalue weighted by molar-refractivity contribution is 7.89. The third-order valence-corrected chi connectivity index (χ3v) is 6.47. The SMILES string of the molecule is CC(C)(C)OC(=O)N1CCN(c2ccc(S(=O)(=O)N3CCOCC3)cn2)CC1. The highest BCUT2D eigenvalue weighted by Crippen LogP contribution is 2.20. The van der Waals surface area contributed by atoms with Crippen molar-refractivity contribution >= 4 is 21.9 Å². The predicted octanol–water partition coefficient (Wildman–Crippen LogP) is 1.16. The molecule has 156 valence electrons. The Bertz CT molecular complexity index is 777. The normalized spacial score (nSPS) is 19.5. The number of carbonyl (C=O) groups is 1. The van der Waals surface area contributed by atoms with E-state index in [1.807, 2.05) is 25.7 Å². The maximum Gasteiger partial charge on any atom is 0.410 e. The number of morpholine rings is 1. The van der Waals surface area contributed by atoms with Crippen LogP contribution in [0.5, 0.6) is 0 Å². The van der Waals surface area contributed by atoms with Crippen molar-refractivity contribution in [3.05, 3.63) is 18.3 Å². The van der Waals surface area contributed by atoms with E-state index in [0.29, 0.717) is 58.3 Å². The summed E-state index contributed by atoms with van der Waals surface area (Å²) in [5.74, 6) is 0.699. The van der Waals surface area contributed by atoms with Crippen LogP contribution >= 0.6 is 0 Å². The number of ether oxygens (including phenoxy) is 2. The summed E-state index contributed by atoms with van der Waals surface area (Å²) in [4.78, 5) is 20.4. The lowest BCUT2D eigenvalue weighted by Crippen LogP contribution is -2.50. The average molecular weight is 413 g/mol. The minimum atomic E-state index is -3.54. The maximum atomic E-state index is 12.7. The van der Waals surface area contributed by atoms with Crippen LogP contribution < -0.4 is 4.90 Å². The predicted molar refractivity (Wildman–Crippen MR) is 104 cm³/mol. The number of anilines is 1. The van der Waals surface area contributed by atoms with Crippen molar-refractivity contribution in [2.24, 2.45) is 0 Å².